The molecule has 3 aromatic rings. The highest BCUT2D eigenvalue weighted by Gasteiger charge is 2.28. The largest absolute Gasteiger partial charge is 0.354 e. The molecule has 1 heterocycles. The maximum atomic E-state index is 13.0. The molecule has 35 heavy (non-hydrogen) atoms. The van der Waals surface area contributed by atoms with E-state index in [2.05, 4.69) is 26.9 Å². The fraction of sp³-hybridized carbons (Fsp3) is 0.179. The normalized spacial score (nSPS) is 13.6. The first kappa shape index (κ1) is 23.7. The number of carbonyl (C=O) groups is 2. The van der Waals surface area contributed by atoms with Gasteiger partial charge in [0.2, 0.25) is 0 Å². The molecule has 0 spiro atoms. The second kappa shape index (κ2) is 10.7. The minimum absolute atomic E-state index is 0.116. The molecule has 7 heteroatoms. The van der Waals surface area contributed by atoms with E-state index >= 15 is 0 Å². The van der Waals surface area contributed by atoms with E-state index in [0.29, 0.717) is 34.6 Å². The first-order chi connectivity index (χ1) is 17.0. The van der Waals surface area contributed by atoms with Gasteiger partial charge >= 0.3 is 0 Å². The minimum Gasteiger partial charge on any atom is -0.354 e. The van der Waals surface area contributed by atoms with Gasteiger partial charge in [0.1, 0.15) is 0 Å². The van der Waals surface area contributed by atoms with E-state index in [1.54, 1.807) is 30.3 Å². The summed E-state index contributed by atoms with van der Waals surface area (Å²) in [5, 5.41) is 18.4. The van der Waals surface area contributed by atoms with Crippen LogP contribution in [0.1, 0.15) is 33.5 Å². The Morgan fingerprint density at radius 3 is 2.43 bits per heavy atom. The summed E-state index contributed by atoms with van der Waals surface area (Å²) >= 11 is 0. The van der Waals surface area contributed by atoms with Gasteiger partial charge in [-0.3, -0.25) is 9.59 Å². The highest BCUT2D eigenvalue weighted by molar-refractivity contribution is 6.37. The van der Waals surface area contributed by atoms with E-state index in [1.807, 2.05) is 56.6 Å². The van der Waals surface area contributed by atoms with Gasteiger partial charge < -0.3 is 20.9 Å². The van der Waals surface area contributed by atoms with Gasteiger partial charge in [-0.15, -0.1) is 0 Å². The van der Waals surface area contributed by atoms with Crippen LogP contribution in [0.25, 0.3) is 11.3 Å². The number of nitrogens with one attached hydrogen (secondary N) is 3. The third-order valence-corrected chi connectivity index (χ3v) is 5.69. The fourth-order valence-corrected chi connectivity index (χ4v) is 3.92. The number of hydrogen-bond acceptors (Lipinski definition) is 5. The van der Waals surface area contributed by atoms with Crippen LogP contribution in [0.15, 0.2) is 72.8 Å². The smallest absolute Gasteiger partial charge is 0.258 e. The molecule has 4 rings (SSSR count). The number of rotatable bonds is 8. The van der Waals surface area contributed by atoms with Crippen LogP contribution in [-0.2, 0) is 4.79 Å². The van der Waals surface area contributed by atoms with Gasteiger partial charge in [-0.05, 0) is 69.0 Å². The molecule has 0 fully saturated rings. The predicted molar refractivity (Wildman–Crippen MR) is 139 cm³/mol. The van der Waals surface area contributed by atoms with Crippen LogP contribution in [0.5, 0.6) is 0 Å². The third kappa shape index (κ3) is 5.57. The van der Waals surface area contributed by atoms with Crippen molar-refractivity contribution in [3.8, 4) is 6.07 Å². The molecule has 0 unspecified atom stereocenters. The van der Waals surface area contributed by atoms with Crippen LogP contribution >= 0.6 is 0 Å². The Morgan fingerprint density at radius 2 is 1.74 bits per heavy atom. The highest BCUT2D eigenvalue weighted by Crippen LogP contribution is 2.38. The van der Waals surface area contributed by atoms with Crippen molar-refractivity contribution in [3.05, 3.63) is 95.1 Å². The zero-order chi connectivity index (χ0) is 24.8. The Morgan fingerprint density at radius 1 is 1.00 bits per heavy atom. The van der Waals surface area contributed by atoms with Crippen LogP contribution in [0.3, 0.4) is 0 Å². The SMILES string of the molecule is CN(C)CCCNC(=O)c1ccc(NC(=C2C(=O)Nc3cc(C#N)ccc32)c2ccccc2)cc1. The monoisotopic (exact) mass is 465 g/mol. The molecule has 7 nitrogen and oxygen atoms in total. The van der Waals surface area contributed by atoms with Gasteiger partial charge in [0.25, 0.3) is 11.8 Å². The van der Waals surface area contributed by atoms with E-state index in [4.69, 9.17) is 0 Å². The molecule has 2 amide bonds. The Labute approximate surface area is 205 Å². The molecule has 1 aliphatic rings. The number of amides is 2. The van der Waals surface area contributed by atoms with Crippen molar-refractivity contribution < 1.29 is 9.59 Å². The first-order valence-corrected chi connectivity index (χ1v) is 11.4. The lowest BCUT2D eigenvalue weighted by Gasteiger charge is -2.15. The summed E-state index contributed by atoms with van der Waals surface area (Å²) in [6, 6.07) is 24.0. The number of benzene rings is 3. The molecule has 3 aromatic carbocycles. The lowest BCUT2D eigenvalue weighted by Crippen LogP contribution is -2.27. The summed E-state index contributed by atoms with van der Waals surface area (Å²) in [6.07, 6.45) is 0.881. The molecule has 0 saturated carbocycles. The number of anilines is 2. The zero-order valence-electron chi connectivity index (χ0n) is 19.8. The van der Waals surface area contributed by atoms with Gasteiger partial charge in [-0.2, -0.15) is 5.26 Å². The summed E-state index contributed by atoms with van der Waals surface area (Å²) in [6.45, 7) is 1.53. The molecule has 176 valence electrons. The van der Waals surface area contributed by atoms with Gasteiger partial charge in [0.15, 0.2) is 0 Å². The molecule has 0 bridgehead atoms. The lowest BCUT2D eigenvalue weighted by molar-refractivity contribution is -0.110. The van der Waals surface area contributed by atoms with Crippen molar-refractivity contribution in [2.24, 2.45) is 0 Å². The van der Waals surface area contributed by atoms with Crippen molar-refractivity contribution in [2.75, 3.05) is 37.8 Å². The molecule has 0 aliphatic carbocycles. The quantitative estimate of drug-likeness (QED) is 0.343. The van der Waals surface area contributed by atoms with E-state index in [9.17, 15) is 14.9 Å². The van der Waals surface area contributed by atoms with Crippen LogP contribution < -0.4 is 16.0 Å². The molecule has 0 aromatic heterocycles. The number of carbonyl (C=O) groups excluding carboxylic acids is 2. The average molecular weight is 466 g/mol. The highest BCUT2D eigenvalue weighted by atomic mass is 16.2. The van der Waals surface area contributed by atoms with Crippen molar-refractivity contribution >= 4 is 34.5 Å². The Hall–Kier alpha value is -4.41. The zero-order valence-corrected chi connectivity index (χ0v) is 19.8. The fourth-order valence-electron chi connectivity index (χ4n) is 3.92. The summed E-state index contributed by atoms with van der Waals surface area (Å²) in [4.78, 5) is 27.5. The third-order valence-electron chi connectivity index (χ3n) is 5.69. The average Bonchev–Trinajstić information content (AvgIpc) is 3.20. The lowest BCUT2D eigenvalue weighted by atomic mass is 9.99. The van der Waals surface area contributed by atoms with Crippen molar-refractivity contribution in [3.63, 3.8) is 0 Å². The van der Waals surface area contributed by atoms with E-state index in [1.165, 1.54) is 0 Å². The van der Waals surface area contributed by atoms with E-state index in [-0.39, 0.29) is 11.8 Å². The molecule has 1 aliphatic heterocycles. The molecular weight excluding hydrogens is 438 g/mol. The van der Waals surface area contributed by atoms with Crippen molar-refractivity contribution in [2.45, 2.75) is 6.42 Å². The van der Waals surface area contributed by atoms with E-state index < -0.39 is 0 Å². The summed E-state index contributed by atoms with van der Waals surface area (Å²) in [7, 11) is 4.01. The summed E-state index contributed by atoms with van der Waals surface area (Å²) in [5.74, 6) is -0.357. The Bertz CT molecular complexity index is 1310. The minimum atomic E-state index is -0.241. The topological polar surface area (TPSA) is 97.3 Å². The second-order valence-corrected chi connectivity index (χ2v) is 8.56. The standard InChI is InChI=1S/C28H27N5O2/c1-33(2)16-6-15-30-27(34)21-10-12-22(13-11-21)31-26(20-7-4-3-5-8-20)25-23-14-9-19(18-29)17-24(23)32-28(25)35/h3-5,7-14,17,31H,6,15-16H2,1-2H3,(H,30,34)(H,32,35). The Balaban J connectivity index is 1.61. The molecule has 3 N–H and O–H groups in total. The van der Waals surface area contributed by atoms with Gasteiger partial charge in [0, 0.05) is 23.4 Å². The Kier molecular flexibility index (Phi) is 7.24. The van der Waals surface area contributed by atoms with Crippen LogP contribution in [0.2, 0.25) is 0 Å². The number of hydrogen-bond donors (Lipinski definition) is 3. The second-order valence-electron chi connectivity index (χ2n) is 8.56. The molecule has 0 saturated heterocycles. The predicted octanol–water partition coefficient (Wildman–Crippen LogP) is 4.17. The maximum absolute atomic E-state index is 13.0. The number of fused-ring (bicyclic) bond motifs is 1. The molecule has 0 atom stereocenters. The summed E-state index contributed by atoms with van der Waals surface area (Å²) < 4.78 is 0. The van der Waals surface area contributed by atoms with Crippen molar-refractivity contribution in [1.82, 2.24) is 10.2 Å². The van der Waals surface area contributed by atoms with E-state index in [0.717, 1.165) is 29.8 Å². The van der Waals surface area contributed by atoms with Gasteiger partial charge in [-0.1, -0.05) is 36.4 Å². The van der Waals surface area contributed by atoms with Gasteiger partial charge in [0.05, 0.1) is 28.6 Å². The number of nitrogens with zero attached hydrogens (tertiary/aromatic N) is 2. The summed E-state index contributed by atoms with van der Waals surface area (Å²) in [5.41, 5.74) is 5.13. The van der Waals surface area contributed by atoms with Crippen molar-refractivity contribution in [1.29, 1.82) is 5.26 Å². The van der Waals surface area contributed by atoms with Crippen LogP contribution in [0, 0.1) is 11.3 Å². The number of nitriles is 1. The van der Waals surface area contributed by atoms with Crippen LogP contribution in [-0.4, -0.2) is 43.9 Å². The van der Waals surface area contributed by atoms with Crippen LogP contribution in [0.4, 0.5) is 11.4 Å². The maximum Gasteiger partial charge on any atom is 0.258 e. The molecule has 0 radical (unpaired) electrons. The molecular formula is C28H27N5O2. The first-order valence-electron chi connectivity index (χ1n) is 11.4. The van der Waals surface area contributed by atoms with Gasteiger partial charge in [-0.25, -0.2) is 0 Å².